The van der Waals surface area contributed by atoms with Gasteiger partial charge in [0.15, 0.2) is 0 Å². The van der Waals surface area contributed by atoms with Crippen molar-refractivity contribution in [2.24, 2.45) is 5.73 Å². The van der Waals surface area contributed by atoms with Gasteiger partial charge in [0, 0.05) is 6.92 Å². The molecule has 3 N–H and O–H groups in total. The van der Waals surface area contributed by atoms with Crippen molar-refractivity contribution >= 4 is 27.8 Å². The first kappa shape index (κ1) is 15.4. The zero-order valence-corrected chi connectivity index (χ0v) is 11.2. The van der Waals surface area contributed by atoms with Gasteiger partial charge in [0.2, 0.25) is 0 Å². The molecule has 0 unspecified atom stereocenters. The lowest BCUT2D eigenvalue weighted by Crippen LogP contribution is -2.10. The van der Waals surface area contributed by atoms with E-state index < -0.39 is 5.91 Å². The lowest BCUT2D eigenvalue weighted by atomic mass is 10.2. The van der Waals surface area contributed by atoms with E-state index in [-0.39, 0.29) is 17.3 Å². The second-order valence-electron chi connectivity index (χ2n) is 2.92. The van der Waals surface area contributed by atoms with Crippen LogP contribution in [0.2, 0.25) is 0 Å². The maximum absolute atomic E-state index is 10.6. The number of para-hydroxylation sites is 1. The van der Waals surface area contributed by atoms with Crippen LogP contribution in [-0.2, 0) is 9.53 Å². The van der Waals surface area contributed by atoms with Gasteiger partial charge in [0.25, 0.3) is 5.91 Å². The fraction of sp³-hybridized carbons (Fsp3) is 0.273. The Labute approximate surface area is 108 Å². The molecule has 1 aromatic carbocycles. The molecular formula is C11H14BrNO4. The average molecular weight is 304 g/mol. The summed E-state index contributed by atoms with van der Waals surface area (Å²) in [6, 6.07) is 4.72. The van der Waals surface area contributed by atoms with Gasteiger partial charge in [0.05, 0.1) is 16.6 Å². The number of halogens is 1. The first-order chi connectivity index (χ1) is 7.90. The zero-order chi connectivity index (χ0) is 13.4. The molecule has 0 bridgehead atoms. The van der Waals surface area contributed by atoms with Gasteiger partial charge in [-0.3, -0.25) is 9.59 Å². The van der Waals surface area contributed by atoms with Gasteiger partial charge in [-0.05, 0) is 35.0 Å². The van der Waals surface area contributed by atoms with Crippen molar-refractivity contribution in [2.75, 3.05) is 6.61 Å². The molecule has 0 atom stereocenters. The van der Waals surface area contributed by atoms with Crippen LogP contribution in [0.1, 0.15) is 24.2 Å². The summed E-state index contributed by atoms with van der Waals surface area (Å²) in [4.78, 5) is 20.4. The minimum atomic E-state index is -0.635. The van der Waals surface area contributed by atoms with Crippen LogP contribution >= 0.6 is 15.9 Å². The number of ether oxygens (including phenoxy) is 1. The van der Waals surface area contributed by atoms with Crippen LogP contribution in [0.3, 0.4) is 0 Å². The highest BCUT2D eigenvalue weighted by molar-refractivity contribution is 9.10. The first-order valence-corrected chi connectivity index (χ1v) is 5.60. The third-order valence-corrected chi connectivity index (χ3v) is 2.24. The molecule has 0 radical (unpaired) electrons. The Bertz CT molecular complexity index is 406. The van der Waals surface area contributed by atoms with Crippen LogP contribution in [0.5, 0.6) is 5.75 Å². The van der Waals surface area contributed by atoms with Gasteiger partial charge in [0.1, 0.15) is 5.75 Å². The Morgan fingerprint density at radius 1 is 1.47 bits per heavy atom. The molecule has 0 aliphatic rings. The van der Waals surface area contributed by atoms with Gasteiger partial charge in [-0.25, -0.2) is 0 Å². The van der Waals surface area contributed by atoms with Crippen LogP contribution in [0.15, 0.2) is 22.7 Å². The Morgan fingerprint density at radius 2 is 2.06 bits per heavy atom. The summed E-state index contributed by atoms with van der Waals surface area (Å²) in [7, 11) is 0. The molecule has 0 fully saturated rings. The molecule has 0 saturated carbocycles. The second-order valence-corrected chi connectivity index (χ2v) is 3.78. The zero-order valence-electron chi connectivity index (χ0n) is 9.57. The molecular weight excluding hydrogens is 290 g/mol. The molecule has 94 valence electrons. The van der Waals surface area contributed by atoms with Crippen molar-refractivity contribution in [3.8, 4) is 5.75 Å². The van der Waals surface area contributed by atoms with Crippen molar-refractivity contribution in [1.29, 1.82) is 0 Å². The molecule has 1 amide bonds. The van der Waals surface area contributed by atoms with E-state index >= 15 is 0 Å². The first-order valence-electron chi connectivity index (χ1n) is 4.80. The van der Waals surface area contributed by atoms with Crippen molar-refractivity contribution in [2.45, 2.75) is 13.8 Å². The summed E-state index contributed by atoms with van der Waals surface area (Å²) < 4.78 is 4.87. The van der Waals surface area contributed by atoms with E-state index in [1.165, 1.54) is 13.0 Å². The van der Waals surface area contributed by atoms with Crippen LogP contribution in [0.25, 0.3) is 0 Å². The second kappa shape index (κ2) is 7.67. The van der Waals surface area contributed by atoms with E-state index in [2.05, 4.69) is 20.7 Å². The number of nitrogens with two attached hydrogens (primary N) is 1. The number of carbonyl (C=O) groups excluding carboxylic acids is 2. The summed E-state index contributed by atoms with van der Waals surface area (Å²) in [6.45, 7) is 3.65. The summed E-state index contributed by atoms with van der Waals surface area (Å²) in [6.07, 6.45) is 0. The normalized spacial score (nSPS) is 8.88. The van der Waals surface area contributed by atoms with Crippen LogP contribution in [0, 0.1) is 0 Å². The van der Waals surface area contributed by atoms with E-state index in [1.807, 2.05) is 0 Å². The monoisotopic (exact) mass is 303 g/mol. The summed E-state index contributed by atoms with van der Waals surface area (Å²) >= 11 is 3.06. The molecule has 0 heterocycles. The Kier molecular flexibility index (Phi) is 6.97. The van der Waals surface area contributed by atoms with E-state index in [4.69, 9.17) is 5.73 Å². The average Bonchev–Trinajstić information content (AvgIpc) is 2.22. The van der Waals surface area contributed by atoms with Gasteiger partial charge < -0.3 is 15.6 Å². The molecule has 5 nitrogen and oxygen atoms in total. The van der Waals surface area contributed by atoms with Crippen molar-refractivity contribution in [1.82, 2.24) is 0 Å². The number of phenols is 1. The topological polar surface area (TPSA) is 89.6 Å². The van der Waals surface area contributed by atoms with Gasteiger partial charge in [-0.15, -0.1) is 0 Å². The fourth-order valence-corrected chi connectivity index (χ4v) is 1.28. The molecule has 1 rings (SSSR count). The molecule has 0 saturated heterocycles. The van der Waals surface area contributed by atoms with Gasteiger partial charge >= 0.3 is 5.97 Å². The van der Waals surface area contributed by atoms with Gasteiger partial charge in [-0.2, -0.15) is 0 Å². The third-order valence-electron chi connectivity index (χ3n) is 1.60. The Morgan fingerprint density at radius 3 is 2.35 bits per heavy atom. The minimum absolute atomic E-state index is 0.111. The molecule has 17 heavy (non-hydrogen) atoms. The smallest absolute Gasteiger partial charge is 0.302 e. The van der Waals surface area contributed by atoms with Gasteiger partial charge in [-0.1, -0.05) is 6.07 Å². The number of carbonyl (C=O) groups is 2. The van der Waals surface area contributed by atoms with Crippen molar-refractivity contribution in [3.05, 3.63) is 28.2 Å². The summed E-state index contributed by atoms with van der Waals surface area (Å²) in [5.41, 5.74) is 5.09. The molecule has 1 aromatic rings. The number of rotatable bonds is 2. The van der Waals surface area contributed by atoms with Crippen LogP contribution in [0.4, 0.5) is 0 Å². The number of hydrogen-bond acceptors (Lipinski definition) is 4. The largest absolute Gasteiger partial charge is 0.506 e. The fourth-order valence-electron chi connectivity index (χ4n) is 0.917. The lowest BCUT2D eigenvalue weighted by molar-refractivity contribution is -0.140. The maximum atomic E-state index is 10.6. The summed E-state index contributed by atoms with van der Waals surface area (Å²) in [5.74, 6) is -0.957. The van der Waals surface area contributed by atoms with Crippen LogP contribution < -0.4 is 5.73 Å². The van der Waals surface area contributed by atoms with Crippen molar-refractivity contribution < 1.29 is 19.4 Å². The standard InChI is InChI=1S/C7H6BrNO2.C4H8O2/c8-5-3-1-2-4(6(5)10)7(9)11;1-3-6-4(2)5/h1-3,10H,(H2,9,11);3H2,1-2H3. The highest BCUT2D eigenvalue weighted by atomic mass is 79.9. The number of hydrogen-bond donors (Lipinski definition) is 2. The molecule has 0 spiro atoms. The van der Waals surface area contributed by atoms with E-state index in [9.17, 15) is 14.7 Å². The SMILES string of the molecule is CCOC(C)=O.NC(=O)c1cccc(Br)c1O. The van der Waals surface area contributed by atoms with E-state index in [1.54, 1.807) is 19.1 Å². The lowest BCUT2D eigenvalue weighted by Gasteiger charge is -2.00. The number of benzene rings is 1. The van der Waals surface area contributed by atoms with E-state index in [0.717, 1.165) is 0 Å². The third kappa shape index (κ3) is 5.91. The van der Waals surface area contributed by atoms with Crippen LogP contribution in [-0.4, -0.2) is 23.6 Å². The highest BCUT2D eigenvalue weighted by Gasteiger charge is 2.08. The number of aromatic hydroxyl groups is 1. The predicted molar refractivity (Wildman–Crippen MR) is 66.6 cm³/mol. The molecule has 0 aliphatic carbocycles. The maximum Gasteiger partial charge on any atom is 0.302 e. The number of primary amides is 1. The highest BCUT2D eigenvalue weighted by Crippen LogP contribution is 2.26. The Hall–Kier alpha value is -1.56. The molecule has 0 aliphatic heterocycles. The number of amides is 1. The molecule has 0 aromatic heterocycles. The number of esters is 1. The summed E-state index contributed by atoms with van der Waals surface area (Å²) in [5, 5.41) is 9.22. The molecule has 6 heteroatoms. The van der Waals surface area contributed by atoms with E-state index in [0.29, 0.717) is 11.1 Å². The van der Waals surface area contributed by atoms with Crippen molar-refractivity contribution in [3.63, 3.8) is 0 Å². The quantitative estimate of drug-likeness (QED) is 0.816. The predicted octanol–water partition coefficient (Wildman–Crippen LogP) is 1.82. The minimum Gasteiger partial charge on any atom is -0.506 e. The Balaban J connectivity index is 0.000000366.